The molecular formula is C20H25N3O3. The minimum Gasteiger partial charge on any atom is -0.493 e. The second kappa shape index (κ2) is 8.56. The second-order valence-corrected chi connectivity index (χ2v) is 6.43. The fourth-order valence-corrected chi connectivity index (χ4v) is 3.19. The number of ether oxygens (including phenoxy) is 2. The topological polar surface area (TPSA) is 72.5 Å². The lowest BCUT2D eigenvalue weighted by atomic mass is 10.2. The normalized spacial score (nSPS) is 14.1. The van der Waals surface area contributed by atoms with Crippen LogP contribution in [0.2, 0.25) is 0 Å². The summed E-state index contributed by atoms with van der Waals surface area (Å²) in [6, 6.07) is 9.58. The Hall–Kier alpha value is -2.76. The van der Waals surface area contributed by atoms with Crippen LogP contribution in [-0.2, 0) is 6.54 Å². The van der Waals surface area contributed by atoms with Crippen molar-refractivity contribution in [1.29, 1.82) is 0 Å². The van der Waals surface area contributed by atoms with Gasteiger partial charge in [-0.3, -0.25) is 4.79 Å². The fraction of sp³-hybridized carbons (Fsp3) is 0.400. The Bertz CT molecular complexity index is 758. The van der Waals surface area contributed by atoms with E-state index in [0.717, 1.165) is 18.4 Å². The van der Waals surface area contributed by atoms with Crippen LogP contribution in [0.3, 0.4) is 0 Å². The Morgan fingerprint density at radius 2 is 1.88 bits per heavy atom. The molecule has 6 nitrogen and oxygen atoms in total. The highest BCUT2D eigenvalue weighted by molar-refractivity contribution is 5.95. The van der Waals surface area contributed by atoms with Gasteiger partial charge < -0.3 is 20.1 Å². The number of rotatable bonds is 7. The fourth-order valence-electron chi connectivity index (χ4n) is 3.19. The molecule has 1 aromatic carbocycles. The van der Waals surface area contributed by atoms with Crippen LogP contribution in [0.5, 0.6) is 11.5 Å². The number of methoxy groups -OCH3 is 2. The van der Waals surface area contributed by atoms with Crippen molar-refractivity contribution in [3.63, 3.8) is 0 Å². The van der Waals surface area contributed by atoms with Crippen LogP contribution in [0.1, 0.15) is 41.6 Å². The molecule has 2 aromatic rings. The number of hydrogen-bond acceptors (Lipinski definition) is 5. The van der Waals surface area contributed by atoms with Crippen LogP contribution in [0.4, 0.5) is 5.82 Å². The van der Waals surface area contributed by atoms with E-state index in [1.807, 2.05) is 18.2 Å². The number of nitrogens with zero attached hydrogens (tertiary/aromatic N) is 1. The summed E-state index contributed by atoms with van der Waals surface area (Å²) in [5.41, 5.74) is 1.66. The van der Waals surface area contributed by atoms with E-state index < -0.39 is 0 Å². The highest BCUT2D eigenvalue weighted by atomic mass is 16.5. The number of anilines is 1. The summed E-state index contributed by atoms with van der Waals surface area (Å²) in [5, 5.41) is 6.35. The Morgan fingerprint density at radius 3 is 2.62 bits per heavy atom. The van der Waals surface area contributed by atoms with Crippen LogP contribution >= 0.6 is 0 Å². The smallest absolute Gasteiger partial charge is 0.251 e. The molecule has 0 aliphatic heterocycles. The number of carbonyl (C=O) groups is 1. The largest absolute Gasteiger partial charge is 0.493 e. The predicted octanol–water partition coefficient (Wildman–Crippen LogP) is 3.38. The van der Waals surface area contributed by atoms with Gasteiger partial charge in [-0.2, -0.15) is 0 Å². The lowest BCUT2D eigenvalue weighted by molar-refractivity contribution is 0.0938. The molecule has 0 bridgehead atoms. The molecule has 26 heavy (non-hydrogen) atoms. The van der Waals surface area contributed by atoms with E-state index in [0.29, 0.717) is 35.5 Å². The molecule has 138 valence electrons. The molecule has 1 aliphatic carbocycles. The van der Waals surface area contributed by atoms with Gasteiger partial charge in [0.15, 0.2) is 11.5 Å². The zero-order valence-electron chi connectivity index (χ0n) is 15.2. The van der Waals surface area contributed by atoms with Gasteiger partial charge in [0.1, 0.15) is 5.82 Å². The molecule has 0 spiro atoms. The van der Waals surface area contributed by atoms with Crippen molar-refractivity contribution in [3.05, 3.63) is 47.7 Å². The molecule has 1 heterocycles. The molecule has 0 radical (unpaired) electrons. The van der Waals surface area contributed by atoms with E-state index in [2.05, 4.69) is 15.6 Å². The first-order valence-electron chi connectivity index (χ1n) is 8.91. The molecular weight excluding hydrogens is 330 g/mol. The zero-order chi connectivity index (χ0) is 18.4. The van der Waals surface area contributed by atoms with Gasteiger partial charge in [-0.1, -0.05) is 18.9 Å². The van der Waals surface area contributed by atoms with Crippen LogP contribution in [-0.4, -0.2) is 31.2 Å². The molecule has 0 unspecified atom stereocenters. The van der Waals surface area contributed by atoms with Crippen LogP contribution in [0, 0.1) is 0 Å². The summed E-state index contributed by atoms with van der Waals surface area (Å²) in [4.78, 5) is 16.7. The average molecular weight is 355 g/mol. The standard InChI is InChI=1S/C20H25N3O3/c1-25-17-8-7-14(11-18(17)26-2)13-22-19-12-15(9-10-21-19)20(24)23-16-5-3-4-6-16/h7-12,16H,3-6,13H2,1-2H3,(H,21,22)(H,23,24). The summed E-state index contributed by atoms with van der Waals surface area (Å²) < 4.78 is 10.6. The van der Waals surface area contributed by atoms with E-state index in [4.69, 9.17) is 9.47 Å². The van der Waals surface area contributed by atoms with Gasteiger partial charge in [-0.25, -0.2) is 4.98 Å². The van der Waals surface area contributed by atoms with Gasteiger partial charge in [-0.05, 0) is 42.7 Å². The first-order chi connectivity index (χ1) is 12.7. The van der Waals surface area contributed by atoms with Crippen molar-refractivity contribution >= 4 is 11.7 Å². The summed E-state index contributed by atoms with van der Waals surface area (Å²) in [7, 11) is 3.23. The van der Waals surface area contributed by atoms with E-state index in [-0.39, 0.29) is 5.91 Å². The molecule has 0 saturated heterocycles. The van der Waals surface area contributed by atoms with Crippen molar-refractivity contribution < 1.29 is 14.3 Å². The Kier molecular flexibility index (Phi) is 5.94. The minimum absolute atomic E-state index is 0.0338. The summed E-state index contributed by atoms with van der Waals surface area (Å²) in [6.07, 6.45) is 6.18. The first-order valence-corrected chi connectivity index (χ1v) is 8.91. The van der Waals surface area contributed by atoms with Crippen LogP contribution in [0.15, 0.2) is 36.5 Å². The third-order valence-corrected chi connectivity index (χ3v) is 4.63. The third-order valence-electron chi connectivity index (χ3n) is 4.63. The lowest BCUT2D eigenvalue weighted by Gasteiger charge is -2.13. The lowest BCUT2D eigenvalue weighted by Crippen LogP contribution is -2.32. The number of benzene rings is 1. The van der Waals surface area contributed by atoms with Gasteiger partial charge >= 0.3 is 0 Å². The second-order valence-electron chi connectivity index (χ2n) is 6.43. The average Bonchev–Trinajstić information content (AvgIpc) is 3.19. The first kappa shape index (κ1) is 18.0. The molecule has 2 N–H and O–H groups in total. The molecule has 1 aromatic heterocycles. The summed E-state index contributed by atoms with van der Waals surface area (Å²) >= 11 is 0. The van der Waals surface area contributed by atoms with Gasteiger partial charge in [0.05, 0.1) is 14.2 Å². The number of amides is 1. The van der Waals surface area contributed by atoms with Gasteiger partial charge in [0.2, 0.25) is 0 Å². The number of pyridine rings is 1. The van der Waals surface area contributed by atoms with E-state index in [1.165, 1.54) is 12.8 Å². The number of aromatic nitrogens is 1. The van der Waals surface area contributed by atoms with Crippen LogP contribution < -0.4 is 20.1 Å². The van der Waals surface area contributed by atoms with E-state index in [9.17, 15) is 4.79 Å². The number of nitrogens with one attached hydrogen (secondary N) is 2. The van der Waals surface area contributed by atoms with E-state index in [1.54, 1.807) is 32.5 Å². The van der Waals surface area contributed by atoms with Gasteiger partial charge in [0, 0.05) is 24.3 Å². The van der Waals surface area contributed by atoms with Crippen molar-refractivity contribution in [2.45, 2.75) is 38.3 Å². The SMILES string of the molecule is COc1ccc(CNc2cc(C(=O)NC3CCCC3)ccn2)cc1OC. The quantitative estimate of drug-likeness (QED) is 0.796. The molecule has 1 amide bonds. The van der Waals surface area contributed by atoms with Crippen molar-refractivity contribution in [3.8, 4) is 11.5 Å². The predicted molar refractivity (Wildman–Crippen MR) is 101 cm³/mol. The molecule has 1 aliphatic rings. The van der Waals surface area contributed by atoms with Crippen molar-refractivity contribution in [1.82, 2.24) is 10.3 Å². The van der Waals surface area contributed by atoms with E-state index >= 15 is 0 Å². The Labute approximate surface area is 153 Å². The molecule has 3 rings (SSSR count). The number of hydrogen-bond donors (Lipinski definition) is 2. The minimum atomic E-state index is -0.0338. The summed E-state index contributed by atoms with van der Waals surface area (Å²) in [5.74, 6) is 2.01. The molecule has 6 heteroatoms. The highest BCUT2D eigenvalue weighted by Gasteiger charge is 2.18. The number of carbonyl (C=O) groups excluding carboxylic acids is 1. The highest BCUT2D eigenvalue weighted by Crippen LogP contribution is 2.27. The van der Waals surface area contributed by atoms with Crippen LogP contribution in [0.25, 0.3) is 0 Å². The maximum Gasteiger partial charge on any atom is 0.251 e. The third kappa shape index (κ3) is 4.45. The zero-order valence-corrected chi connectivity index (χ0v) is 15.2. The molecule has 0 atom stereocenters. The maximum absolute atomic E-state index is 12.4. The van der Waals surface area contributed by atoms with Crippen molar-refractivity contribution in [2.24, 2.45) is 0 Å². The van der Waals surface area contributed by atoms with Gasteiger partial charge in [-0.15, -0.1) is 0 Å². The molecule has 1 fully saturated rings. The van der Waals surface area contributed by atoms with Gasteiger partial charge in [0.25, 0.3) is 5.91 Å². The maximum atomic E-state index is 12.4. The Morgan fingerprint density at radius 1 is 1.12 bits per heavy atom. The molecule has 1 saturated carbocycles. The van der Waals surface area contributed by atoms with Crippen molar-refractivity contribution in [2.75, 3.05) is 19.5 Å². The monoisotopic (exact) mass is 355 g/mol. The Balaban J connectivity index is 1.62. The summed E-state index contributed by atoms with van der Waals surface area (Å²) in [6.45, 7) is 0.570.